The molecule has 5 heteroatoms. The highest BCUT2D eigenvalue weighted by molar-refractivity contribution is 5.92. The van der Waals surface area contributed by atoms with Gasteiger partial charge in [0.2, 0.25) is 0 Å². The summed E-state index contributed by atoms with van der Waals surface area (Å²) in [5, 5.41) is 2.61. The molecule has 3 N–H and O–H groups in total. The molecule has 0 radical (unpaired) electrons. The SMILES string of the molecule is CN=C(N)Nc1cc(OC)ccc1F. The number of aliphatic imine (C=N–C) groups is 1. The molecule has 1 aromatic rings. The van der Waals surface area contributed by atoms with E-state index in [0.717, 1.165) is 0 Å². The highest BCUT2D eigenvalue weighted by Crippen LogP contribution is 2.20. The molecule has 0 saturated heterocycles. The van der Waals surface area contributed by atoms with Crippen LogP contribution in [0.25, 0.3) is 0 Å². The highest BCUT2D eigenvalue weighted by atomic mass is 19.1. The van der Waals surface area contributed by atoms with Crippen LogP contribution in [0, 0.1) is 5.82 Å². The minimum absolute atomic E-state index is 0.150. The van der Waals surface area contributed by atoms with E-state index in [9.17, 15) is 4.39 Å². The van der Waals surface area contributed by atoms with Crippen molar-refractivity contribution in [2.24, 2.45) is 10.7 Å². The Morgan fingerprint density at radius 3 is 2.86 bits per heavy atom. The Bertz CT molecular complexity index is 352. The maximum atomic E-state index is 13.2. The number of benzene rings is 1. The number of nitrogens with two attached hydrogens (primary N) is 1. The van der Waals surface area contributed by atoms with Crippen molar-refractivity contribution in [1.29, 1.82) is 0 Å². The number of nitrogens with one attached hydrogen (secondary N) is 1. The van der Waals surface area contributed by atoms with Crippen LogP contribution in [0.1, 0.15) is 0 Å². The van der Waals surface area contributed by atoms with E-state index in [-0.39, 0.29) is 11.6 Å². The van der Waals surface area contributed by atoms with Gasteiger partial charge < -0.3 is 15.8 Å². The fourth-order valence-corrected chi connectivity index (χ4v) is 0.921. The molecule has 0 aliphatic carbocycles. The van der Waals surface area contributed by atoms with Gasteiger partial charge in [-0.25, -0.2) is 4.39 Å². The second-order valence-corrected chi connectivity index (χ2v) is 2.58. The predicted molar refractivity (Wildman–Crippen MR) is 54.1 cm³/mol. The van der Waals surface area contributed by atoms with Crippen molar-refractivity contribution in [3.05, 3.63) is 24.0 Å². The molecule has 0 unspecified atom stereocenters. The summed E-state index contributed by atoms with van der Waals surface area (Å²) >= 11 is 0. The van der Waals surface area contributed by atoms with E-state index in [4.69, 9.17) is 10.5 Å². The standard InChI is InChI=1S/C9H12FN3O/c1-12-9(11)13-8-5-6(14-2)3-4-7(8)10/h3-5H,1-2H3,(H3,11,12,13). The van der Waals surface area contributed by atoms with Gasteiger partial charge in [-0.3, -0.25) is 4.99 Å². The minimum Gasteiger partial charge on any atom is -0.497 e. The van der Waals surface area contributed by atoms with E-state index < -0.39 is 5.82 Å². The number of hydrogen-bond acceptors (Lipinski definition) is 2. The second-order valence-electron chi connectivity index (χ2n) is 2.58. The smallest absolute Gasteiger partial charge is 0.192 e. The molecule has 76 valence electrons. The Labute approximate surface area is 81.6 Å². The molecule has 4 nitrogen and oxygen atoms in total. The monoisotopic (exact) mass is 197 g/mol. The fraction of sp³-hybridized carbons (Fsp3) is 0.222. The zero-order chi connectivity index (χ0) is 10.6. The summed E-state index contributed by atoms with van der Waals surface area (Å²) in [5.41, 5.74) is 5.64. The first-order valence-electron chi connectivity index (χ1n) is 4.00. The summed E-state index contributed by atoms with van der Waals surface area (Å²) in [5.74, 6) is 0.298. The lowest BCUT2D eigenvalue weighted by atomic mass is 10.3. The predicted octanol–water partition coefficient (Wildman–Crippen LogP) is 1.19. The molecule has 0 heterocycles. The molecule has 0 spiro atoms. The first kappa shape index (κ1) is 10.3. The minimum atomic E-state index is -0.405. The second kappa shape index (κ2) is 4.45. The van der Waals surface area contributed by atoms with E-state index in [1.165, 1.54) is 32.4 Å². The van der Waals surface area contributed by atoms with Crippen LogP contribution >= 0.6 is 0 Å². The average molecular weight is 197 g/mol. The maximum Gasteiger partial charge on any atom is 0.192 e. The van der Waals surface area contributed by atoms with Gasteiger partial charge in [0, 0.05) is 13.1 Å². The van der Waals surface area contributed by atoms with Gasteiger partial charge in [-0.2, -0.15) is 0 Å². The van der Waals surface area contributed by atoms with Gasteiger partial charge in [0.15, 0.2) is 5.96 Å². The van der Waals surface area contributed by atoms with Crippen LogP contribution in [0.15, 0.2) is 23.2 Å². The number of halogens is 1. The largest absolute Gasteiger partial charge is 0.497 e. The molecule has 0 saturated carbocycles. The Hall–Kier alpha value is -1.78. The van der Waals surface area contributed by atoms with E-state index in [1.807, 2.05) is 0 Å². The number of anilines is 1. The molecule has 0 fully saturated rings. The van der Waals surface area contributed by atoms with Crippen LogP contribution < -0.4 is 15.8 Å². The first-order chi connectivity index (χ1) is 6.67. The van der Waals surface area contributed by atoms with Crippen LogP contribution in [0.3, 0.4) is 0 Å². The zero-order valence-corrected chi connectivity index (χ0v) is 8.04. The van der Waals surface area contributed by atoms with Gasteiger partial charge in [-0.05, 0) is 12.1 Å². The topological polar surface area (TPSA) is 59.6 Å². The summed E-state index contributed by atoms with van der Waals surface area (Å²) in [7, 11) is 3.02. The number of hydrogen-bond donors (Lipinski definition) is 2. The molecule has 1 rings (SSSR count). The summed E-state index contributed by atoms with van der Waals surface area (Å²) in [6, 6.07) is 4.33. The molecule has 0 bridgehead atoms. The Morgan fingerprint density at radius 2 is 2.29 bits per heavy atom. The lowest BCUT2D eigenvalue weighted by Gasteiger charge is -2.07. The third kappa shape index (κ3) is 2.35. The van der Waals surface area contributed by atoms with Gasteiger partial charge in [-0.1, -0.05) is 0 Å². The van der Waals surface area contributed by atoms with Crippen LogP contribution in [0.4, 0.5) is 10.1 Å². The third-order valence-electron chi connectivity index (χ3n) is 1.68. The lowest BCUT2D eigenvalue weighted by Crippen LogP contribution is -2.22. The maximum absolute atomic E-state index is 13.2. The molecule has 0 aromatic heterocycles. The highest BCUT2D eigenvalue weighted by Gasteiger charge is 2.04. The lowest BCUT2D eigenvalue weighted by molar-refractivity contribution is 0.414. The summed E-state index contributed by atoms with van der Waals surface area (Å²) < 4.78 is 18.1. The fourth-order valence-electron chi connectivity index (χ4n) is 0.921. The van der Waals surface area contributed by atoms with Gasteiger partial charge >= 0.3 is 0 Å². The van der Waals surface area contributed by atoms with E-state index in [2.05, 4.69) is 10.3 Å². The van der Waals surface area contributed by atoms with E-state index >= 15 is 0 Å². The number of guanidine groups is 1. The molecule has 0 amide bonds. The number of rotatable bonds is 2. The number of ether oxygens (including phenoxy) is 1. The van der Waals surface area contributed by atoms with Crippen molar-refractivity contribution in [2.45, 2.75) is 0 Å². The van der Waals surface area contributed by atoms with Gasteiger partial charge in [-0.15, -0.1) is 0 Å². The van der Waals surface area contributed by atoms with Crippen molar-refractivity contribution in [3.8, 4) is 5.75 Å². The molecule has 14 heavy (non-hydrogen) atoms. The van der Waals surface area contributed by atoms with Crippen LogP contribution in [-0.4, -0.2) is 20.1 Å². The molecule has 0 aliphatic rings. The first-order valence-corrected chi connectivity index (χ1v) is 4.00. The van der Waals surface area contributed by atoms with Crippen molar-refractivity contribution >= 4 is 11.6 Å². The quantitative estimate of drug-likeness (QED) is 0.553. The molecular weight excluding hydrogens is 185 g/mol. The van der Waals surface area contributed by atoms with Crippen LogP contribution in [0.2, 0.25) is 0 Å². The molecule has 0 atom stereocenters. The van der Waals surface area contributed by atoms with E-state index in [0.29, 0.717) is 5.75 Å². The Morgan fingerprint density at radius 1 is 1.57 bits per heavy atom. The Balaban J connectivity index is 2.95. The summed E-state index contributed by atoms with van der Waals surface area (Å²) in [6.45, 7) is 0. The van der Waals surface area contributed by atoms with Crippen molar-refractivity contribution in [3.63, 3.8) is 0 Å². The molecular formula is C9H12FN3O. The van der Waals surface area contributed by atoms with Crippen LogP contribution in [0.5, 0.6) is 5.75 Å². The van der Waals surface area contributed by atoms with Gasteiger partial charge in [0.25, 0.3) is 0 Å². The van der Waals surface area contributed by atoms with Crippen molar-refractivity contribution < 1.29 is 9.13 Å². The summed E-state index contributed by atoms with van der Waals surface area (Å²) in [6.07, 6.45) is 0. The van der Waals surface area contributed by atoms with Gasteiger partial charge in [0.1, 0.15) is 11.6 Å². The van der Waals surface area contributed by atoms with Crippen LogP contribution in [-0.2, 0) is 0 Å². The molecule has 1 aromatic carbocycles. The summed E-state index contributed by atoms with van der Waals surface area (Å²) in [4.78, 5) is 3.66. The number of methoxy groups -OCH3 is 1. The Kier molecular flexibility index (Phi) is 3.28. The van der Waals surface area contributed by atoms with Crippen molar-refractivity contribution in [2.75, 3.05) is 19.5 Å². The zero-order valence-electron chi connectivity index (χ0n) is 8.04. The van der Waals surface area contributed by atoms with Gasteiger partial charge in [0.05, 0.1) is 12.8 Å². The molecule has 0 aliphatic heterocycles. The number of nitrogens with zero attached hydrogens (tertiary/aromatic N) is 1. The third-order valence-corrected chi connectivity index (χ3v) is 1.68. The van der Waals surface area contributed by atoms with E-state index in [1.54, 1.807) is 0 Å². The average Bonchev–Trinajstić information content (AvgIpc) is 2.21. The normalized spacial score (nSPS) is 11.2. The van der Waals surface area contributed by atoms with Crippen molar-refractivity contribution in [1.82, 2.24) is 0 Å².